The summed E-state index contributed by atoms with van der Waals surface area (Å²) in [6.45, 7) is 5.87. The number of hydrogen-bond acceptors (Lipinski definition) is 3. The number of benzene rings is 1. The van der Waals surface area contributed by atoms with E-state index in [1.807, 2.05) is 7.05 Å². The van der Waals surface area contributed by atoms with E-state index in [1.54, 1.807) is 0 Å². The summed E-state index contributed by atoms with van der Waals surface area (Å²) >= 11 is 0. The van der Waals surface area contributed by atoms with Crippen molar-refractivity contribution < 1.29 is 9.47 Å². The minimum Gasteiger partial charge on any atom is -0.486 e. The molecule has 0 aromatic heterocycles. The molecule has 0 saturated carbocycles. The highest BCUT2D eigenvalue weighted by molar-refractivity contribution is 5.29. The van der Waals surface area contributed by atoms with Crippen LogP contribution in [-0.2, 0) is 4.74 Å². The lowest BCUT2D eigenvalue weighted by Crippen LogP contribution is -2.48. The molecule has 1 N–H and O–H groups in total. The van der Waals surface area contributed by atoms with Crippen molar-refractivity contribution in [2.45, 2.75) is 38.3 Å². The summed E-state index contributed by atoms with van der Waals surface area (Å²) in [5.74, 6) is 1.48. The summed E-state index contributed by atoms with van der Waals surface area (Å²) in [7, 11) is 1.98. The van der Waals surface area contributed by atoms with Crippen molar-refractivity contribution in [1.29, 1.82) is 0 Å². The van der Waals surface area contributed by atoms with Crippen LogP contribution >= 0.6 is 0 Å². The monoisotopic (exact) mass is 249 g/mol. The molecular weight excluding hydrogens is 226 g/mol. The fourth-order valence-corrected chi connectivity index (χ4v) is 2.26. The summed E-state index contributed by atoms with van der Waals surface area (Å²) in [6.07, 6.45) is 1.11. The zero-order chi connectivity index (χ0) is 13.0. The normalized spacial score (nSPS) is 24.2. The SMILES string of the molecule is CNC1CCOCC1Oc1ccc(C(C)C)cc1. The Morgan fingerprint density at radius 1 is 1.28 bits per heavy atom. The third-order valence-corrected chi connectivity index (χ3v) is 3.51. The molecule has 0 aliphatic carbocycles. The fourth-order valence-electron chi connectivity index (χ4n) is 2.26. The van der Waals surface area contributed by atoms with Crippen LogP contribution in [0.1, 0.15) is 31.7 Å². The molecule has 2 atom stereocenters. The first kappa shape index (κ1) is 13.4. The van der Waals surface area contributed by atoms with Crippen molar-refractivity contribution in [3.63, 3.8) is 0 Å². The van der Waals surface area contributed by atoms with Gasteiger partial charge in [-0.1, -0.05) is 26.0 Å². The summed E-state index contributed by atoms with van der Waals surface area (Å²) in [4.78, 5) is 0. The number of hydrogen-bond donors (Lipinski definition) is 1. The maximum absolute atomic E-state index is 6.01. The second-order valence-electron chi connectivity index (χ2n) is 5.14. The largest absolute Gasteiger partial charge is 0.486 e. The number of likely N-dealkylation sites (N-methyl/N-ethyl adjacent to an activating group) is 1. The molecule has 1 aliphatic rings. The first-order valence-electron chi connectivity index (χ1n) is 6.72. The van der Waals surface area contributed by atoms with E-state index in [9.17, 15) is 0 Å². The van der Waals surface area contributed by atoms with Gasteiger partial charge in [-0.3, -0.25) is 0 Å². The van der Waals surface area contributed by atoms with E-state index in [1.165, 1.54) is 5.56 Å². The van der Waals surface area contributed by atoms with Crippen LogP contribution in [0, 0.1) is 0 Å². The Bertz CT molecular complexity index is 361. The number of rotatable bonds is 4. The highest BCUT2D eigenvalue weighted by Gasteiger charge is 2.25. The van der Waals surface area contributed by atoms with E-state index in [4.69, 9.17) is 9.47 Å². The average molecular weight is 249 g/mol. The van der Waals surface area contributed by atoms with E-state index in [2.05, 4.69) is 43.4 Å². The second kappa shape index (κ2) is 6.21. The highest BCUT2D eigenvalue weighted by Crippen LogP contribution is 2.21. The molecule has 0 bridgehead atoms. The molecule has 2 unspecified atom stereocenters. The third kappa shape index (κ3) is 3.24. The molecular formula is C15H23NO2. The van der Waals surface area contributed by atoms with Crippen LogP contribution in [0.5, 0.6) is 5.75 Å². The highest BCUT2D eigenvalue weighted by atomic mass is 16.5. The molecule has 1 heterocycles. The first-order valence-corrected chi connectivity index (χ1v) is 6.72. The summed E-state index contributed by atoms with van der Waals surface area (Å²) in [6, 6.07) is 8.76. The Morgan fingerprint density at radius 3 is 2.61 bits per heavy atom. The van der Waals surface area contributed by atoms with Gasteiger partial charge in [0.05, 0.1) is 6.61 Å². The van der Waals surface area contributed by atoms with Crippen LogP contribution in [0.3, 0.4) is 0 Å². The quantitative estimate of drug-likeness (QED) is 0.889. The molecule has 1 fully saturated rings. The Kier molecular flexibility index (Phi) is 4.61. The van der Waals surface area contributed by atoms with Gasteiger partial charge in [-0.15, -0.1) is 0 Å². The summed E-state index contributed by atoms with van der Waals surface area (Å²) < 4.78 is 11.5. The Labute approximate surface area is 109 Å². The van der Waals surface area contributed by atoms with E-state index in [0.717, 1.165) is 18.8 Å². The lowest BCUT2D eigenvalue weighted by Gasteiger charge is -2.31. The van der Waals surface area contributed by atoms with E-state index < -0.39 is 0 Å². The molecule has 0 amide bonds. The standard InChI is InChI=1S/C15H23NO2/c1-11(2)12-4-6-13(7-5-12)18-15-10-17-9-8-14(15)16-3/h4-7,11,14-16H,8-10H2,1-3H3. The molecule has 3 nitrogen and oxygen atoms in total. The lowest BCUT2D eigenvalue weighted by atomic mass is 10.0. The molecule has 1 saturated heterocycles. The molecule has 100 valence electrons. The van der Waals surface area contributed by atoms with Gasteiger partial charge in [-0.25, -0.2) is 0 Å². The van der Waals surface area contributed by atoms with Crippen molar-refractivity contribution >= 4 is 0 Å². The summed E-state index contributed by atoms with van der Waals surface area (Å²) in [5.41, 5.74) is 1.34. The topological polar surface area (TPSA) is 30.5 Å². The molecule has 1 aromatic carbocycles. The predicted octanol–water partition coefficient (Wildman–Crippen LogP) is 2.57. The average Bonchev–Trinajstić information content (AvgIpc) is 2.40. The van der Waals surface area contributed by atoms with Gasteiger partial charge in [-0.05, 0) is 37.1 Å². The maximum Gasteiger partial charge on any atom is 0.137 e. The predicted molar refractivity (Wildman–Crippen MR) is 73.2 cm³/mol. The van der Waals surface area contributed by atoms with Crippen LogP contribution in [0.25, 0.3) is 0 Å². The van der Waals surface area contributed by atoms with Gasteiger partial charge >= 0.3 is 0 Å². The van der Waals surface area contributed by atoms with Crippen LogP contribution in [-0.4, -0.2) is 32.4 Å². The molecule has 2 rings (SSSR count). The van der Waals surface area contributed by atoms with E-state index in [-0.39, 0.29) is 6.10 Å². The van der Waals surface area contributed by atoms with Gasteiger partial charge in [0, 0.05) is 12.6 Å². The third-order valence-electron chi connectivity index (χ3n) is 3.51. The summed E-state index contributed by atoms with van der Waals surface area (Å²) in [5, 5.41) is 3.30. The van der Waals surface area contributed by atoms with Crippen molar-refractivity contribution in [3.8, 4) is 5.75 Å². The molecule has 0 spiro atoms. The van der Waals surface area contributed by atoms with Crippen molar-refractivity contribution in [1.82, 2.24) is 5.32 Å². The van der Waals surface area contributed by atoms with Gasteiger partial charge in [0.1, 0.15) is 11.9 Å². The second-order valence-corrected chi connectivity index (χ2v) is 5.14. The zero-order valence-electron chi connectivity index (χ0n) is 11.5. The Hall–Kier alpha value is -1.06. The molecule has 3 heteroatoms. The number of nitrogens with one attached hydrogen (secondary N) is 1. The van der Waals surface area contributed by atoms with Crippen molar-refractivity contribution in [2.24, 2.45) is 0 Å². The van der Waals surface area contributed by atoms with Crippen LogP contribution in [0.2, 0.25) is 0 Å². The van der Waals surface area contributed by atoms with Crippen LogP contribution in [0.4, 0.5) is 0 Å². The molecule has 18 heavy (non-hydrogen) atoms. The maximum atomic E-state index is 6.01. The Morgan fingerprint density at radius 2 is 2.00 bits per heavy atom. The van der Waals surface area contributed by atoms with Gasteiger partial charge in [0.25, 0.3) is 0 Å². The molecule has 1 aliphatic heterocycles. The zero-order valence-corrected chi connectivity index (χ0v) is 11.5. The van der Waals surface area contributed by atoms with Crippen molar-refractivity contribution in [2.75, 3.05) is 20.3 Å². The first-order chi connectivity index (χ1) is 8.70. The van der Waals surface area contributed by atoms with E-state index in [0.29, 0.717) is 18.6 Å². The van der Waals surface area contributed by atoms with Gasteiger partial charge in [0.15, 0.2) is 0 Å². The molecule has 1 aromatic rings. The van der Waals surface area contributed by atoms with E-state index >= 15 is 0 Å². The lowest BCUT2D eigenvalue weighted by molar-refractivity contribution is -0.0129. The minimum absolute atomic E-state index is 0.105. The van der Waals surface area contributed by atoms with Gasteiger partial charge < -0.3 is 14.8 Å². The minimum atomic E-state index is 0.105. The fraction of sp³-hybridized carbons (Fsp3) is 0.600. The van der Waals surface area contributed by atoms with Crippen LogP contribution < -0.4 is 10.1 Å². The number of ether oxygens (including phenoxy) is 2. The van der Waals surface area contributed by atoms with Crippen molar-refractivity contribution in [3.05, 3.63) is 29.8 Å². The van der Waals surface area contributed by atoms with Crippen LogP contribution in [0.15, 0.2) is 24.3 Å². The van der Waals surface area contributed by atoms with Gasteiger partial charge in [-0.2, -0.15) is 0 Å². The smallest absolute Gasteiger partial charge is 0.137 e. The van der Waals surface area contributed by atoms with Gasteiger partial charge in [0.2, 0.25) is 0 Å². The molecule has 0 radical (unpaired) electrons. The Balaban J connectivity index is 1.99.